The van der Waals surface area contributed by atoms with Gasteiger partial charge in [-0.3, -0.25) is 0 Å². The largest absolute Gasteiger partial charge is 0.394 e. The number of nitrogens with two attached hydrogens (primary N) is 2. The maximum Gasteiger partial charge on any atom is 0.0611 e. The maximum atomic E-state index is 9.54. The molecule has 0 aromatic carbocycles. The minimum absolute atomic E-state index is 0.137. The van der Waals surface area contributed by atoms with Crippen molar-refractivity contribution in [3.05, 3.63) is 0 Å². The highest BCUT2D eigenvalue weighted by Gasteiger charge is 2.23. The van der Waals surface area contributed by atoms with Gasteiger partial charge in [0.2, 0.25) is 0 Å². The van der Waals surface area contributed by atoms with Gasteiger partial charge >= 0.3 is 0 Å². The monoisotopic (exact) mass is 557 g/mol. The van der Waals surface area contributed by atoms with Crippen LogP contribution in [0.2, 0.25) is 0 Å². The van der Waals surface area contributed by atoms with Crippen LogP contribution in [0.1, 0.15) is 201 Å². The van der Waals surface area contributed by atoms with Crippen LogP contribution in [0.15, 0.2) is 0 Å². The fraction of sp³-hybridized carbons (Fsp3) is 1.00. The number of aliphatic hydroxyl groups excluding tert-OH is 2. The fourth-order valence-corrected chi connectivity index (χ4v) is 5.54. The fourth-order valence-electron chi connectivity index (χ4n) is 5.54. The Kier molecular flexibility index (Phi) is 32.4. The molecule has 0 amide bonds. The normalized spacial score (nSPS) is 14.5. The van der Waals surface area contributed by atoms with Gasteiger partial charge in [0.15, 0.2) is 0 Å². The third kappa shape index (κ3) is 29.1. The summed E-state index contributed by atoms with van der Waals surface area (Å²) in [4.78, 5) is 0. The van der Waals surface area contributed by atoms with E-state index in [1.807, 2.05) is 0 Å². The molecular formula is C35H76N2O2. The van der Waals surface area contributed by atoms with Gasteiger partial charge in [0.05, 0.1) is 13.2 Å². The van der Waals surface area contributed by atoms with E-state index < -0.39 is 0 Å². The van der Waals surface area contributed by atoms with Gasteiger partial charge in [0.25, 0.3) is 0 Å². The average Bonchev–Trinajstić information content (AvgIpc) is 2.94. The van der Waals surface area contributed by atoms with Crippen molar-refractivity contribution in [3.63, 3.8) is 0 Å². The molecule has 4 heteroatoms. The minimum atomic E-state index is -0.311. The summed E-state index contributed by atoms with van der Waals surface area (Å²) in [5.74, 6) is 0. The molecule has 238 valence electrons. The molecule has 39 heavy (non-hydrogen) atoms. The molecule has 6 N–H and O–H groups in total. The quantitative estimate of drug-likeness (QED) is 0.0690. The first-order chi connectivity index (χ1) is 18.9. The molecule has 0 saturated heterocycles. The molecule has 0 radical (unpaired) electrons. The summed E-state index contributed by atoms with van der Waals surface area (Å²) in [6, 6.07) is 0. The van der Waals surface area contributed by atoms with E-state index in [1.54, 1.807) is 0 Å². The van der Waals surface area contributed by atoms with Crippen LogP contribution in [0.3, 0.4) is 0 Å². The van der Waals surface area contributed by atoms with Crippen molar-refractivity contribution in [2.75, 3.05) is 13.2 Å². The molecule has 2 unspecified atom stereocenters. The Bertz CT molecular complexity index is 462. The van der Waals surface area contributed by atoms with E-state index in [0.29, 0.717) is 0 Å². The van der Waals surface area contributed by atoms with Crippen LogP contribution in [0.5, 0.6) is 0 Å². The van der Waals surface area contributed by atoms with Crippen molar-refractivity contribution in [1.82, 2.24) is 0 Å². The summed E-state index contributed by atoms with van der Waals surface area (Å²) in [7, 11) is 0. The van der Waals surface area contributed by atoms with Gasteiger partial charge in [0.1, 0.15) is 0 Å². The molecule has 0 aliphatic rings. The molecule has 0 saturated carbocycles. The second-order valence-corrected chi connectivity index (χ2v) is 12.8. The van der Waals surface area contributed by atoms with Gasteiger partial charge in [-0.2, -0.15) is 0 Å². The highest BCUT2D eigenvalue weighted by molar-refractivity contribution is 4.83. The lowest BCUT2D eigenvalue weighted by molar-refractivity contribution is 0.171. The predicted octanol–water partition coefficient (Wildman–Crippen LogP) is 9.96. The van der Waals surface area contributed by atoms with Gasteiger partial charge in [-0.15, -0.1) is 0 Å². The summed E-state index contributed by atoms with van der Waals surface area (Å²) in [6.07, 6.45) is 34.1. The summed E-state index contributed by atoms with van der Waals surface area (Å²) >= 11 is 0. The highest BCUT2D eigenvalue weighted by Crippen LogP contribution is 2.21. The van der Waals surface area contributed by atoms with Crippen molar-refractivity contribution in [3.8, 4) is 0 Å². The standard InChI is InChI=1S/C19H41NO.C16H35NO/c1-3-5-7-9-10-11-12-13-15-17-19(20,18-21)16-14-8-6-4-2;1-3-5-6-7-8-9-10-11-12-14-16(17,15-18)13-4-2/h21H,3-18,20H2,1-2H3;18H,3-15,17H2,1-2H3. The first kappa shape index (κ1) is 41.0. The Morgan fingerprint density at radius 2 is 0.564 bits per heavy atom. The minimum Gasteiger partial charge on any atom is -0.394 e. The van der Waals surface area contributed by atoms with Crippen LogP contribution >= 0.6 is 0 Å². The number of unbranched alkanes of at least 4 members (excludes halogenated alkanes) is 19. The zero-order valence-electron chi connectivity index (χ0n) is 27.6. The molecule has 0 aliphatic carbocycles. The van der Waals surface area contributed by atoms with E-state index in [4.69, 9.17) is 11.5 Å². The van der Waals surface area contributed by atoms with Gasteiger partial charge < -0.3 is 21.7 Å². The SMILES string of the molecule is CCCCCCCCCCCC(N)(CO)CCC.CCCCCCCCCCCC(N)(CO)CCCCCC. The molecule has 0 bridgehead atoms. The number of hydrogen-bond acceptors (Lipinski definition) is 4. The van der Waals surface area contributed by atoms with Crippen LogP contribution in [0.25, 0.3) is 0 Å². The van der Waals surface area contributed by atoms with E-state index >= 15 is 0 Å². The molecule has 0 aromatic heterocycles. The lowest BCUT2D eigenvalue weighted by Gasteiger charge is -2.27. The maximum absolute atomic E-state index is 9.54. The first-order valence-electron chi connectivity index (χ1n) is 17.7. The zero-order valence-corrected chi connectivity index (χ0v) is 27.6. The summed E-state index contributed by atoms with van der Waals surface area (Å²) in [5.41, 5.74) is 11.9. The lowest BCUT2D eigenvalue weighted by Crippen LogP contribution is -2.43. The Morgan fingerprint density at radius 1 is 0.333 bits per heavy atom. The number of hydrogen-bond donors (Lipinski definition) is 4. The molecule has 2 atom stereocenters. The molecule has 0 fully saturated rings. The van der Waals surface area contributed by atoms with Crippen LogP contribution in [-0.4, -0.2) is 34.5 Å². The van der Waals surface area contributed by atoms with E-state index in [2.05, 4.69) is 27.7 Å². The van der Waals surface area contributed by atoms with Crippen molar-refractivity contribution >= 4 is 0 Å². The highest BCUT2D eigenvalue weighted by atomic mass is 16.3. The number of rotatable bonds is 29. The molecule has 0 rings (SSSR count). The second-order valence-electron chi connectivity index (χ2n) is 12.8. The van der Waals surface area contributed by atoms with Crippen molar-refractivity contribution < 1.29 is 10.2 Å². The van der Waals surface area contributed by atoms with Crippen molar-refractivity contribution in [2.45, 2.75) is 212 Å². The number of aliphatic hydroxyl groups is 2. The molecule has 4 nitrogen and oxygen atoms in total. The third-order valence-electron chi connectivity index (χ3n) is 8.46. The lowest BCUT2D eigenvalue weighted by atomic mass is 9.88. The molecular weight excluding hydrogens is 480 g/mol. The van der Waals surface area contributed by atoms with E-state index in [0.717, 1.165) is 32.1 Å². The topological polar surface area (TPSA) is 92.5 Å². The zero-order chi connectivity index (χ0) is 29.5. The van der Waals surface area contributed by atoms with Gasteiger partial charge in [-0.05, 0) is 25.7 Å². The van der Waals surface area contributed by atoms with Gasteiger partial charge in [0, 0.05) is 11.1 Å². The molecule has 0 aliphatic heterocycles. The molecule has 0 aromatic rings. The van der Waals surface area contributed by atoms with Crippen molar-refractivity contribution in [1.29, 1.82) is 0 Å². The first-order valence-corrected chi connectivity index (χ1v) is 17.7. The third-order valence-corrected chi connectivity index (χ3v) is 8.46. The summed E-state index contributed by atoms with van der Waals surface area (Å²) in [5, 5.41) is 18.9. The summed E-state index contributed by atoms with van der Waals surface area (Å²) in [6.45, 7) is 9.17. The summed E-state index contributed by atoms with van der Waals surface area (Å²) < 4.78 is 0. The van der Waals surface area contributed by atoms with E-state index in [9.17, 15) is 10.2 Å². The van der Waals surface area contributed by atoms with E-state index in [1.165, 1.54) is 141 Å². The molecule has 0 spiro atoms. The van der Waals surface area contributed by atoms with E-state index in [-0.39, 0.29) is 24.3 Å². The van der Waals surface area contributed by atoms with Crippen molar-refractivity contribution in [2.24, 2.45) is 11.5 Å². The van der Waals surface area contributed by atoms with Crippen LogP contribution < -0.4 is 11.5 Å². The Labute approximate surface area is 246 Å². The molecule has 0 heterocycles. The average molecular weight is 557 g/mol. The van der Waals surface area contributed by atoms with Crippen LogP contribution in [0.4, 0.5) is 0 Å². The van der Waals surface area contributed by atoms with Crippen LogP contribution in [0, 0.1) is 0 Å². The smallest absolute Gasteiger partial charge is 0.0611 e. The predicted molar refractivity (Wildman–Crippen MR) is 175 cm³/mol. The Balaban J connectivity index is 0. The Hall–Kier alpha value is -0.160. The van der Waals surface area contributed by atoms with Gasteiger partial charge in [-0.1, -0.05) is 175 Å². The van der Waals surface area contributed by atoms with Gasteiger partial charge in [-0.25, -0.2) is 0 Å². The second kappa shape index (κ2) is 30.8. The Morgan fingerprint density at radius 3 is 0.821 bits per heavy atom. The van der Waals surface area contributed by atoms with Crippen LogP contribution in [-0.2, 0) is 0 Å².